The van der Waals surface area contributed by atoms with Crippen LogP contribution in [-0.2, 0) is 10.1 Å². The molecule has 0 saturated heterocycles. The molecule has 8 heteroatoms. The molecule has 1 N–H and O–H groups in total. The van der Waals surface area contributed by atoms with Gasteiger partial charge in [0.25, 0.3) is 10.1 Å². The van der Waals surface area contributed by atoms with Crippen molar-refractivity contribution in [1.82, 2.24) is 4.98 Å². The average Bonchev–Trinajstić information content (AvgIpc) is 2.54. The van der Waals surface area contributed by atoms with Gasteiger partial charge in [0.15, 0.2) is 0 Å². The summed E-state index contributed by atoms with van der Waals surface area (Å²) in [6.07, 6.45) is 3.11. The summed E-state index contributed by atoms with van der Waals surface area (Å²) in [5, 5.41) is 7.90. The number of anilines is 1. The minimum absolute atomic E-state index is 0.0835. The molecule has 0 saturated carbocycles. The van der Waals surface area contributed by atoms with Crippen molar-refractivity contribution in [2.75, 3.05) is 18.0 Å². The zero-order valence-electron chi connectivity index (χ0n) is 12.9. The fourth-order valence-corrected chi connectivity index (χ4v) is 2.74. The van der Waals surface area contributed by atoms with E-state index in [2.05, 4.69) is 15.2 Å². The van der Waals surface area contributed by atoms with E-state index in [9.17, 15) is 13.0 Å². The second-order valence-electron chi connectivity index (χ2n) is 4.70. The third-order valence-corrected chi connectivity index (χ3v) is 4.17. The fraction of sp³-hybridized carbons (Fsp3) is 0.267. The number of rotatable bonds is 6. The Bertz CT molecular complexity index is 788. The Hall–Kier alpha value is -2.32. The standard InChI is InChI=1S/C15H18N4O3S/c1-3-19(4-2)13-5-6-14(15(11-13)23(20,21)22)18-17-12-7-9-16-10-8-12/h5-11H,3-4H2,1-2H3,(H,20,21,22). The zero-order chi connectivity index (χ0) is 16.9. The van der Waals surface area contributed by atoms with Crippen molar-refractivity contribution in [3.05, 3.63) is 42.7 Å². The van der Waals surface area contributed by atoms with Gasteiger partial charge in [-0.05, 0) is 44.2 Å². The molecule has 122 valence electrons. The van der Waals surface area contributed by atoms with E-state index in [1.54, 1.807) is 30.6 Å². The number of nitrogens with zero attached hydrogens (tertiary/aromatic N) is 4. The quantitative estimate of drug-likeness (QED) is 0.643. The van der Waals surface area contributed by atoms with Crippen LogP contribution in [0, 0.1) is 0 Å². The molecule has 0 aliphatic heterocycles. The lowest BCUT2D eigenvalue weighted by molar-refractivity contribution is 0.483. The first-order chi connectivity index (χ1) is 11.0. The molecule has 1 heterocycles. The zero-order valence-corrected chi connectivity index (χ0v) is 13.7. The van der Waals surface area contributed by atoms with Gasteiger partial charge in [-0.1, -0.05) is 0 Å². The summed E-state index contributed by atoms with van der Waals surface area (Å²) in [6, 6.07) is 7.97. The molecule has 2 rings (SSSR count). The van der Waals surface area contributed by atoms with E-state index in [-0.39, 0.29) is 10.6 Å². The van der Waals surface area contributed by atoms with Crippen LogP contribution in [0.4, 0.5) is 17.1 Å². The van der Waals surface area contributed by atoms with Crippen molar-refractivity contribution in [2.45, 2.75) is 18.7 Å². The Morgan fingerprint density at radius 1 is 1.09 bits per heavy atom. The topological polar surface area (TPSA) is 95.2 Å². The maximum Gasteiger partial charge on any atom is 0.296 e. The summed E-state index contributed by atoms with van der Waals surface area (Å²) in [5.74, 6) is 0. The summed E-state index contributed by atoms with van der Waals surface area (Å²) in [7, 11) is -4.40. The van der Waals surface area contributed by atoms with Crippen LogP contribution in [0.25, 0.3) is 0 Å². The largest absolute Gasteiger partial charge is 0.372 e. The van der Waals surface area contributed by atoms with Gasteiger partial charge in [-0.2, -0.15) is 13.5 Å². The van der Waals surface area contributed by atoms with E-state index < -0.39 is 10.1 Å². The van der Waals surface area contributed by atoms with Gasteiger partial charge >= 0.3 is 0 Å². The van der Waals surface area contributed by atoms with Crippen molar-refractivity contribution >= 4 is 27.2 Å². The van der Waals surface area contributed by atoms with Crippen LogP contribution in [0.15, 0.2) is 57.8 Å². The van der Waals surface area contributed by atoms with E-state index in [4.69, 9.17) is 0 Å². The lowest BCUT2D eigenvalue weighted by Crippen LogP contribution is -2.22. The smallest absolute Gasteiger partial charge is 0.296 e. The molecule has 2 aromatic rings. The Kier molecular flexibility index (Phi) is 5.41. The molecule has 0 atom stereocenters. The molecule has 0 fully saturated rings. The first-order valence-electron chi connectivity index (χ1n) is 7.14. The first kappa shape index (κ1) is 17.0. The van der Waals surface area contributed by atoms with E-state index in [1.807, 2.05) is 18.7 Å². The average molecular weight is 334 g/mol. The Balaban J connectivity index is 2.45. The van der Waals surface area contributed by atoms with Crippen LogP contribution in [0.5, 0.6) is 0 Å². The van der Waals surface area contributed by atoms with Crippen molar-refractivity contribution < 1.29 is 13.0 Å². The van der Waals surface area contributed by atoms with Gasteiger partial charge in [-0.25, -0.2) is 0 Å². The van der Waals surface area contributed by atoms with Gasteiger partial charge in [-0.15, -0.1) is 5.11 Å². The highest BCUT2D eigenvalue weighted by Crippen LogP contribution is 2.30. The Morgan fingerprint density at radius 3 is 2.30 bits per heavy atom. The highest BCUT2D eigenvalue weighted by molar-refractivity contribution is 7.86. The van der Waals surface area contributed by atoms with E-state index >= 15 is 0 Å². The third-order valence-electron chi connectivity index (χ3n) is 3.29. The molecule has 7 nitrogen and oxygen atoms in total. The first-order valence-corrected chi connectivity index (χ1v) is 8.58. The lowest BCUT2D eigenvalue weighted by Gasteiger charge is -2.21. The molecule has 0 amide bonds. The molecular formula is C15H18N4O3S. The van der Waals surface area contributed by atoms with Crippen molar-refractivity contribution in [3.8, 4) is 0 Å². The van der Waals surface area contributed by atoms with Gasteiger partial charge in [0.1, 0.15) is 10.6 Å². The minimum atomic E-state index is -4.40. The molecule has 0 aliphatic carbocycles. The van der Waals surface area contributed by atoms with Crippen molar-refractivity contribution in [2.24, 2.45) is 10.2 Å². The number of azo groups is 1. The SMILES string of the molecule is CCN(CC)c1ccc(N=Nc2ccncc2)c(S(=O)(=O)O)c1. The number of aromatic nitrogens is 1. The molecule has 23 heavy (non-hydrogen) atoms. The second kappa shape index (κ2) is 7.30. The predicted octanol–water partition coefficient (Wildman–Crippen LogP) is 3.59. The number of benzene rings is 1. The van der Waals surface area contributed by atoms with Gasteiger partial charge in [0, 0.05) is 31.2 Å². The Labute approximate surface area is 135 Å². The molecular weight excluding hydrogens is 316 g/mol. The highest BCUT2D eigenvalue weighted by Gasteiger charge is 2.18. The van der Waals surface area contributed by atoms with Gasteiger partial charge in [0.2, 0.25) is 0 Å². The number of hydrogen-bond donors (Lipinski definition) is 1. The number of pyridine rings is 1. The third kappa shape index (κ3) is 4.33. The molecule has 0 aliphatic rings. The highest BCUT2D eigenvalue weighted by atomic mass is 32.2. The van der Waals surface area contributed by atoms with E-state index in [0.717, 1.165) is 13.1 Å². The minimum Gasteiger partial charge on any atom is -0.372 e. The van der Waals surface area contributed by atoms with Crippen LogP contribution in [0.3, 0.4) is 0 Å². The second-order valence-corrected chi connectivity index (χ2v) is 6.09. The monoisotopic (exact) mass is 334 g/mol. The summed E-state index contributed by atoms with van der Waals surface area (Å²) in [4.78, 5) is 5.57. The van der Waals surface area contributed by atoms with Crippen LogP contribution < -0.4 is 4.90 Å². The van der Waals surface area contributed by atoms with E-state index in [0.29, 0.717) is 11.4 Å². The van der Waals surface area contributed by atoms with Gasteiger partial charge < -0.3 is 4.90 Å². The molecule has 0 spiro atoms. The van der Waals surface area contributed by atoms with Crippen LogP contribution >= 0.6 is 0 Å². The lowest BCUT2D eigenvalue weighted by atomic mass is 10.2. The summed E-state index contributed by atoms with van der Waals surface area (Å²) >= 11 is 0. The van der Waals surface area contributed by atoms with Gasteiger partial charge in [0.05, 0.1) is 5.69 Å². The Morgan fingerprint density at radius 2 is 1.74 bits per heavy atom. The predicted molar refractivity (Wildman–Crippen MR) is 88.2 cm³/mol. The van der Waals surface area contributed by atoms with Crippen molar-refractivity contribution in [3.63, 3.8) is 0 Å². The van der Waals surface area contributed by atoms with Crippen molar-refractivity contribution in [1.29, 1.82) is 0 Å². The van der Waals surface area contributed by atoms with Gasteiger partial charge in [-0.3, -0.25) is 9.54 Å². The van der Waals surface area contributed by atoms with Crippen LogP contribution in [-0.4, -0.2) is 31.0 Å². The molecule has 0 bridgehead atoms. The van der Waals surface area contributed by atoms with Crippen LogP contribution in [0.2, 0.25) is 0 Å². The normalized spacial score (nSPS) is 11.8. The summed E-state index contributed by atoms with van der Waals surface area (Å²) in [6.45, 7) is 5.37. The maximum absolute atomic E-state index is 11.6. The molecule has 0 unspecified atom stereocenters. The molecule has 0 radical (unpaired) electrons. The van der Waals surface area contributed by atoms with Crippen LogP contribution in [0.1, 0.15) is 13.8 Å². The molecule has 1 aromatic heterocycles. The number of hydrogen-bond acceptors (Lipinski definition) is 6. The summed E-state index contributed by atoms with van der Waals surface area (Å²) in [5.41, 5.74) is 1.32. The summed E-state index contributed by atoms with van der Waals surface area (Å²) < 4.78 is 32.7. The van der Waals surface area contributed by atoms with E-state index in [1.165, 1.54) is 12.1 Å². The fourth-order valence-electron chi connectivity index (χ4n) is 2.10. The molecule has 1 aromatic carbocycles. The maximum atomic E-state index is 11.6.